The van der Waals surface area contributed by atoms with Crippen LogP contribution in [0.15, 0.2) is 23.4 Å². The third kappa shape index (κ3) is 2.83. The minimum absolute atomic E-state index is 0.326. The molecule has 0 N–H and O–H groups in total. The fourth-order valence-electron chi connectivity index (χ4n) is 3.69. The lowest BCUT2D eigenvalue weighted by Gasteiger charge is -2.43. The van der Waals surface area contributed by atoms with Crippen LogP contribution in [0.2, 0.25) is 0 Å². The molecule has 6 heteroatoms. The number of pyridine rings is 1. The van der Waals surface area contributed by atoms with Gasteiger partial charge in [0.2, 0.25) is 5.03 Å². The lowest BCUT2D eigenvalue weighted by molar-refractivity contribution is 0.102. The molecule has 0 amide bonds. The molecule has 1 saturated heterocycles. The van der Waals surface area contributed by atoms with Gasteiger partial charge in [0.05, 0.1) is 0 Å². The Morgan fingerprint density at radius 2 is 1.76 bits per heavy atom. The Balaban J connectivity index is 1.76. The van der Waals surface area contributed by atoms with E-state index in [2.05, 4.69) is 4.98 Å². The van der Waals surface area contributed by atoms with Crippen LogP contribution in [0.3, 0.4) is 0 Å². The van der Waals surface area contributed by atoms with Crippen molar-refractivity contribution in [3.05, 3.63) is 24.1 Å². The van der Waals surface area contributed by atoms with Crippen molar-refractivity contribution in [2.24, 2.45) is 5.41 Å². The number of nitrogens with zero attached hydrogens (tertiary/aromatic N) is 2. The van der Waals surface area contributed by atoms with Gasteiger partial charge in [0.25, 0.3) is 10.0 Å². The second-order valence-electron chi connectivity index (χ2n) is 6.26. The summed E-state index contributed by atoms with van der Waals surface area (Å²) in [5, 5.41) is -0.440. The number of hydrogen-bond donors (Lipinski definition) is 0. The van der Waals surface area contributed by atoms with E-state index in [1.54, 1.807) is 0 Å². The Kier molecular flexibility index (Phi) is 4.01. The molecule has 21 heavy (non-hydrogen) atoms. The van der Waals surface area contributed by atoms with E-state index < -0.39 is 20.9 Å². The van der Waals surface area contributed by atoms with Crippen LogP contribution in [0.1, 0.15) is 44.9 Å². The topological polar surface area (TPSA) is 50.3 Å². The average molecular weight is 312 g/mol. The van der Waals surface area contributed by atoms with Gasteiger partial charge in [-0.1, -0.05) is 19.3 Å². The van der Waals surface area contributed by atoms with Gasteiger partial charge in [-0.3, -0.25) is 0 Å². The van der Waals surface area contributed by atoms with Crippen molar-refractivity contribution in [1.82, 2.24) is 9.29 Å². The second-order valence-corrected chi connectivity index (χ2v) is 8.11. The summed E-state index contributed by atoms with van der Waals surface area (Å²) < 4.78 is 40.1. The number of aromatic nitrogens is 1. The van der Waals surface area contributed by atoms with Crippen LogP contribution >= 0.6 is 0 Å². The quantitative estimate of drug-likeness (QED) is 0.843. The molecule has 0 aromatic carbocycles. The summed E-state index contributed by atoms with van der Waals surface area (Å²) in [6.07, 6.45) is 9.31. The zero-order valence-corrected chi connectivity index (χ0v) is 12.9. The number of rotatable bonds is 2. The molecule has 1 aliphatic carbocycles. The first-order valence-electron chi connectivity index (χ1n) is 7.64. The summed E-state index contributed by atoms with van der Waals surface area (Å²) in [5.41, 5.74) is 0.326. The summed E-state index contributed by atoms with van der Waals surface area (Å²) in [4.78, 5) is 3.72. The van der Waals surface area contributed by atoms with Crippen LogP contribution in [0.5, 0.6) is 0 Å². The zero-order chi connectivity index (χ0) is 14.9. The van der Waals surface area contributed by atoms with Crippen molar-refractivity contribution in [3.63, 3.8) is 0 Å². The van der Waals surface area contributed by atoms with E-state index in [4.69, 9.17) is 0 Å². The average Bonchev–Trinajstić information content (AvgIpc) is 2.49. The third-order valence-electron chi connectivity index (χ3n) is 5.01. The van der Waals surface area contributed by atoms with Crippen LogP contribution in [0, 0.1) is 11.2 Å². The number of hydrogen-bond acceptors (Lipinski definition) is 3. The van der Waals surface area contributed by atoms with Gasteiger partial charge in [-0.15, -0.1) is 0 Å². The smallest absolute Gasteiger partial charge is 0.241 e. The molecule has 1 spiro atoms. The minimum atomic E-state index is -3.80. The molecule has 1 aromatic rings. The van der Waals surface area contributed by atoms with E-state index in [0.717, 1.165) is 18.9 Å². The number of piperidine rings is 1. The summed E-state index contributed by atoms with van der Waals surface area (Å²) >= 11 is 0. The third-order valence-corrected chi connectivity index (χ3v) is 6.84. The lowest BCUT2D eigenvalue weighted by Crippen LogP contribution is -2.44. The molecule has 0 unspecified atom stereocenters. The minimum Gasteiger partial charge on any atom is -0.241 e. The first-order valence-corrected chi connectivity index (χ1v) is 9.08. The molecular weight excluding hydrogens is 291 g/mol. The zero-order valence-electron chi connectivity index (χ0n) is 12.1. The van der Waals surface area contributed by atoms with E-state index in [1.165, 1.54) is 48.7 Å². The van der Waals surface area contributed by atoms with Crippen molar-refractivity contribution < 1.29 is 12.8 Å². The fourth-order valence-corrected chi connectivity index (χ4v) is 5.10. The van der Waals surface area contributed by atoms with Gasteiger partial charge in [-0.2, -0.15) is 4.31 Å². The predicted molar refractivity (Wildman–Crippen MR) is 77.7 cm³/mol. The van der Waals surface area contributed by atoms with Gasteiger partial charge >= 0.3 is 0 Å². The van der Waals surface area contributed by atoms with Gasteiger partial charge in [0.1, 0.15) is 0 Å². The molecule has 3 rings (SSSR count). The summed E-state index contributed by atoms with van der Waals surface area (Å²) in [6.45, 7) is 0.969. The highest BCUT2D eigenvalue weighted by atomic mass is 32.2. The van der Waals surface area contributed by atoms with Crippen LogP contribution in [-0.4, -0.2) is 30.8 Å². The molecule has 0 atom stereocenters. The number of sulfonamides is 1. The van der Waals surface area contributed by atoms with Crippen LogP contribution in [0.4, 0.5) is 4.39 Å². The first kappa shape index (κ1) is 14.9. The largest absolute Gasteiger partial charge is 0.263 e. The Hall–Kier alpha value is -1.01. The second kappa shape index (κ2) is 5.65. The highest BCUT2D eigenvalue weighted by Crippen LogP contribution is 2.45. The molecule has 0 radical (unpaired) electrons. The SMILES string of the molecule is O=S(=O)(c1ncccc1F)N1CCC2(CCCCC2)CC1. The molecule has 2 heterocycles. The normalized spacial score (nSPS) is 23.3. The van der Waals surface area contributed by atoms with Crippen LogP contribution in [0.25, 0.3) is 0 Å². The Bertz CT molecular complexity index is 602. The van der Waals surface area contributed by atoms with E-state index in [-0.39, 0.29) is 0 Å². The molecule has 4 nitrogen and oxygen atoms in total. The molecule has 1 aromatic heterocycles. The van der Waals surface area contributed by atoms with Gasteiger partial charge in [0, 0.05) is 19.3 Å². The molecule has 1 aliphatic heterocycles. The van der Waals surface area contributed by atoms with Gasteiger partial charge < -0.3 is 0 Å². The molecule has 0 bridgehead atoms. The van der Waals surface area contributed by atoms with Crippen LogP contribution in [-0.2, 0) is 10.0 Å². The maximum atomic E-state index is 13.7. The van der Waals surface area contributed by atoms with Crippen molar-refractivity contribution in [2.45, 2.75) is 50.0 Å². The van der Waals surface area contributed by atoms with E-state index in [0.29, 0.717) is 18.5 Å². The van der Waals surface area contributed by atoms with Crippen molar-refractivity contribution in [3.8, 4) is 0 Å². The van der Waals surface area contributed by atoms with Gasteiger partial charge in [0.15, 0.2) is 5.82 Å². The Morgan fingerprint density at radius 1 is 1.10 bits per heavy atom. The Labute approximate surface area is 125 Å². The number of halogens is 1. The Morgan fingerprint density at radius 3 is 2.38 bits per heavy atom. The molecular formula is C15H21FN2O2S. The monoisotopic (exact) mass is 312 g/mol. The highest BCUT2D eigenvalue weighted by molar-refractivity contribution is 7.89. The maximum Gasteiger partial charge on any atom is 0.263 e. The predicted octanol–water partition coefficient (Wildman–Crippen LogP) is 2.96. The van der Waals surface area contributed by atoms with E-state index in [9.17, 15) is 12.8 Å². The molecule has 116 valence electrons. The van der Waals surface area contributed by atoms with E-state index >= 15 is 0 Å². The first-order chi connectivity index (χ1) is 10.0. The molecule has 2 fully saturated rings. The van der Waals surface area contributed by atoms with Crippen molar-refractivity contribution >= 4 is 10.0 Å². The fraction of sp³-hybridized carbons (Fsp3) is 0.667. The van der Waals surface area contributed by atoms with Crippen molar-refractivity contribution in [1.29, 1.82) is 0 Å². The molecule has 2 aliphatic rings. The van der Waals surface area contributed by atoms with Crippen LogP contribution < -0.4 is 0 Å². The van der Waals surface area contributed by atoms with Gasteiger partial charge in [-0.25, -0.2) is 17.8 Å². The highest BCUT2D eigenvalue weighted by Gasteiger charge is 2.40. The standard InChI is InChI=1S/C15H21FN2O2S/c16-13-5-4-10-17-14(13)21(19,20)18-11-8-15(9-12-18)6-2-1-3-7-15/h4-5,10H,1-3,6-9,11-12H2. The summed E-state index contributed by atoms with van der Waals surface area (Å²) in [6, 6.07) is 2.55. The van der Waals surface area contributed by atoms with Crippen molar-refractivity contribution in [2.75, 3.05) is 13.1 Å². The van der Waals surface area contributed by atoms with Gasteiger partial charge in [-0.05, 0) is 43.2 Å². The summed E-state index contributed by atoms with van der Waals surface area (Å²) in [7, 11) is -3.80. The lowest BCUT2D eigenvalue weighted by atomic mass is 9.68. The summed E-state index contributed by atoms with van der Waals surface area (Å²) in [5.74, 6) is -0.768. The van der Waals surface area contributed by atoms with E-state index in [1.807, 2.05) is 0 Å². The maximum absolute atomic E-state index is 13.7. The molecule has 1 saturated carbocycles.